The summed E-state index contributed by atoms with van der Waals surface area (Å²) in [5, 5.41) is 0.922. The molecule has 0 aliphatic carbocycles. The fourth-order valence-corrected chi connectivity index (χ4v) is 4.88. The lowest BCUT2D eigenvalue weighted by atomic mass is 10.4. The molecule has 0 aromatic heterocycles. The van der Waals surface area contributed by atoms with Crippen LogP contribution in [0, 0.1) is 0 Å². The minimum absolute atomic E-state index is 0.362. The van der Waals surface area contributed by atoms with Crippen LogP contribution in [-0.2, 0) is 10.0 Å². The van der Waals surface area contributed by atoms with Crippen LogP contribution in [-0.4, -0.2) is 55.7 Å². The lowest BCUT2D eigenvalue weighted by Crippen LogP contribution is -2.35. The van der Waals surface area contributed by atoms with Crippen molar-refractivity contribution in [2.24, 2.45) is 0 Å². The lowest BCUT2D eigenvalue weighted by molar-refractivity contribution is 0.305. The highest BCUT2D eigenvalue weighted by Crippen LogP contribution is 2.21. The molecule has 1 saturated heterocycles. The van der Waals surface area contributed by atoms with E-state index in [0.717, 1.165) is 35.9 Å². The van der Waals surface area contributed by atoms with Crippen molar-refractivity contribution in [1.82, 2.24) is 9.21 Å². The number of benzene rings is 1. The van der Waals surface area contributed by atoms with E-state index in [1.807, 2.05) is 6.07 Å². The molecule has 0 unspecified atom stereocenters. The molecule has 7 heteroatoms. The van der Waals surface area contributed by atoms with E-state index in [-0.39, 0.29) is 0 Å². The van der Waals surface area contributed by atoms with Gasteiger partial charge < -0.3 is 4.90 Å². The second-order valence-electron chi connectivity index (χ2n) is 4.75. The number of hydrogen-bond acceptors (Lipinski definition) is 3. The minimum Gasteiger partial charge on any atom is -0.301 e. The molecule has 0 radical (unpaired) electrons. The van der Waals surface area contributed by atoms with Crippen LogP contribution in [0.2, 0.25) is 0 Å². The van der Waals surface area contributed by atoms with Crippen molar-refractivity contribution in [1.29, 1.82) is 0 Å². The maximum Gasteiger partial charge on any atom is 0.243 e. The number of alkyl halides is 1. The molecule has 0 amide bonds. The van der Waals surface area contributed by atoms with E-state index in [1.54, 1.807) is 22.5 Å². The molecule has 0 bridgehead atoms. The molecule has 1 aliphatic rings. The van der Waals surface area contributed by atoms with Gasteiger partial charge in [-0.1, -0.05) is 37.9 Å². The molecular weight excluding hydrogens is 408 g/mol. The first-order valence-electron chi connectivity index (χ1n) is 6.58. The topological polar surface area (TPSA) is 40.6 Å². The first-order valence-corrected chi connectivity index (χ1v) is 9.93. The van der Waals surface area contributed by atoms with Gasteiger partial charge in [0.2, 0.25) is 10.0 Å². The first kappa shape index (κ1) is 16.4. The van der Waals surface area contributed by atoms with Gasteiger partial charge in [0.15, 0.2) is 0 Å². The SMILES string of the molecule is O=S(=O)(c1cccc(Br)c1)N1CCCN(CCBr)CC1. The normalized spacial score (nSPS) is 18.9. The Bertz CT molecular complexity index is 551. The Balaban J connectivity index is 2.14. The van der Waals surface area contributed by atoms with Crippen molar-refractivity contribution in [3.63, 3.8) is 0 Å². The third-order valence-electron chi connectivity index (χ3n) is 3.38. The molecule has 20 heavy (non-hydrogen) atoms. The average Bonchev–Trinajstić information content (AvgIpc) is 2.65. The van der Waals surface area contributed by atoms with E-state index >= 15 is 0 Å². The Morgan fingerprint density at radius 1 is 1.15 bits per heavy atom. The molecule has 2 rings (SSSR count). The summed E-state index contributed by atoms with van der Waals surface area (Å²) < 4.78 is 27.7. The summed E-state index contributed by atoms with van der Waals surface area (Å²) in [6.07, 6.45) is 0.875. The smallest absolute Gasteiger partial charge is 0.243 e. The number of rotatable bonds is 4. The highest BCUT2D eigenvalue weighted by Gasteiger charge is 2.26. The van der Waals surface area contributed by atoms with Crippen LogP contribution in [0.1, 0.15) is 6.42 Å². The van der Waals surface area contributed by atoms with Crippen LogP contribution in [0.25, 0.3) is 0 Å². The van der Waals surface area contributed by atoms with Crippen molar-refractivity contribution in [2.75, 3.05) is 38.1 Å². The van der Waals surface area contributed by atoms with Crippen molar-refractivity contribution in [3.8, 4) is 0 Å². The van der Waals surface area contributed by atoms with E-state index < -0.39 is 10.0 Å². The predicted octanol–water partition coefficient (Wildman–Crippen LogP) is 2.54. The maximum absolute atomic E-state index is 12.6. The zero-order valence-electron chi connectivity index (χ0n) is 11.1. The number of halogens is 2. The van der Waals surface area contributed by atoms with Gasteiger partial charge in [0, 0.05) is 36.0 Å². The Kier molecular flexibility index (Phi) is 6.04. The quantitative estimate of drug-likeness (QED) is 0.696. The summed E-state index contributed by atoms with van der Waals surface area (Å²) in [4.78, 5) is 2.66. The molecule has 1 aromatic rings. The molecule has 1 aromatic carbocycles. The van der Waals surface area contributed by atoms with Gasteiger partial charge in [-0.05, 0) is 31.2 Å². The second-order valence-corrected chi connectivity index (χ2v) is 8.39. The average molecular weight is 426 g/mol. The fraction of sp³-hybridized carbons (Fsp3) is 0.538. The molecule has 0 spiro atoms. The van der Waals surface area contributed by atoms with E-state index in [2.05, 4.69) is 36.8 Å². The number of sulfonamides is 1. The second kappa shape index (κ2) is 7.35. The summed E-state index contributed by atoms with van der Waals surface area (Å²) in [6.45, 7) is 3.86. The lowest BCUT2D eigenvalue weighted by Gasteiger charge is -2.21. The fourth-order valence-electron chi connectivity index (χ4n) is 2.31. The standard InChI is InChI=1S/C13H18Br2N2O2S/c14-5-8-16-6-2-7-17(10-9-16)20(18,19)13-4-1-3-12(15)11-13/h1,3-4,11H,2,5-10H2. The van der Waals surface area contributed by atoms with E-state index in [9.17, 15) is 8.42 Å². The highest BCUT2D eigenvalue weighted by molar-refractivity contribution is 9.10. The molecule has 112 valence electrons. The maximum atomic E-state index is 12.6. The van der Waals surface area contributed by atoms with Gasteiger partial charge in [-0.15, -0.1) is 0 Å². The summed E-state index contributed by atoms with van der Waals surface area (Å²) >= 11 is 6.76. The van der Waals surface area contributed by atoms with E-state index in [1.165, 1.54) is 0 Å². The molecule has 0 N–H and O–H groups in total. The molecule has 0 atom stereocenters. The number of nitrogens with zero attached hydrogens (tertiary/aromatic N) is 2. The van der Waals surface area contributed by atoms with Gasteiger partial charge in [-0.3, -0.25) is 0 Å². The summed E-state index contributed by atoms with van der Waals surface area (Å²) in [6, 6.07) is 6.91. The van der Waals surface area contributed by atoms with Crippen LogP contribution < -0.4 is 0 Å². The first-order chi connectivity index (χ1) is 9.54. The van der Waals surface area contributed by atoms with Crippen LogP contribution >= 0.6 is 31.9 Å². The van der Waals surface area contributed by atoms with Crippen LogP contribution in [0.4, 0.5) is 0 Å². The summed E-state index contributed by atoms with van der Waals surface area (Å²) in [5.74, 6) is 0. The molecular formula is C13H18Br2N2O2S. The van der Waals surface area contributed by atoms with Crippen LogP contribution in [0.5, 0.6) is 0 Å². The molecule has 1 heterocycles. The van der Waals surface area contributed by atoms with Gasteiger partial charge in [0.25, 0.3) is 0 Å². The van der Waals surface area contributed by atoms with Crippen LogP contribution in [0.3, 0.4) is 0 Å². The third-order valence-corrected chi connectivity index (χ3v) is 6.12. The molecule has 0 saturated carbocycles. The third kappa shape index (κ3) is 4.04. The van der Waals surface area contributed by atoms with Gasteiger partial charge in [0.05, 0.1) is 4.90 Å². The van der Waals surface area contributed by atoms with E-state index in [0.29, 0.717) is 18.0 Å². The van der Waals surface area contributed by atoms with Crippen LogP contribution in [0.15, 0.2) is 33.6 Å². The Labute approximate surface area is 137 Å². The van der Waals surface area contributed by atoms with Gasteiger partial charge in [-0.2, -0.15) is 4.31 Å². The largest absolute Gasteiger partial charge is 0.301 e. The molecule has 1 fully saturated rings. The Morgan fingerprint density at radius 2 is 1.95 bits per heavy atom. The Hall–Kier alpha value is 0.0500. The zero-order chi connectivity index (χ0) is 14.6. The van der Waals surface area contributed by atoms with Crippen molar-refractivity contribution < 1.29 is 8.42 Å². The zero-order valence-corrected chi connectivity index (χ0v) is 15.1. The van der Waals surface area contributed by atoms with Gasteiger partial charge in [-0.25, -0.2) is 8.42 Å². The van der Waals surface area contributed by atoms with Crippen molar-refractivity contribution in [2.45, 2.75) is 11.3 Å². The highest BCUT2D eigenvalue weighted by atomic mass is 79.9. The van der Waals surface area contributed by atoms with Crippen molar-refractivity contribution >= 4 is 41.9 Å². The number of hydrogen-bond donors (Lipinski definition) is 0. The molecule has 1 aliphatic heterocycles. The van der Waals surface area contributed by atoms with Gasteiger partial charge in [0.1, 0.15) is 0 Å². The summed E-state index contributed by atoms with van der Waals surface area (Å²) in [7, 11) is -3.38. The minimum atomic E-state index is -3.38. The van der Waals surface area contributed by atoms with Crippen molar-refractivity contribution in [3.05, 3.63) is 28.7 Å². The predicted molar refractivity (Wildman–Crippen MR) is 87.8 cm³/mol. The Morgan fingerprint density at radius 3 is 2.65 bits per heavy atom. The summed E-state index contributed by atoms with van der Waals surface area (Å²) in [5.41, 5.74) is 0. The van der Waals surface area contributed by atoms with E-state index in [4.69, 9.17) is 0 Å². The van der Waals surface area contributed by atoms with Gasteiger partial charge >= 0.3 is 0 Å². The molecule has 4 nitrogen and oxygen atoms in total. The monoisotopic (exact) mass is 424 g/mol.